The lowest BCUT2D eigenvalue weighted by molar-refractivity contribution is -0.137. The Kier molecular flexibility index (Phi) is 27.9. The number of aliphatic imine (C=N–C) groups is 2. The minimum Gasteiger partial charge on any atom is -0.370 e. The summed E-state index contributed by atoms with van der Waals surface area (Å²) in [7, 11) is 0. The molecule has 1 aromatic rings. The fraction of sp³-hybridized carbons (Fsp3) is 0.628. The van der Waals surface area contributed by atoms with Gasteiger partial charge in [0.1, 0.15) is 0 Å². The second kappa shape index (κ2) is 32.4. The number of halogens is 2. The molecule has 0 amide bonds. The molecule has 374 valence electrons. The van der Waals surface area contributed by atoms with Crippen LogP contribution in [0.2, 0.25) is 0 Å². The van der Waals surface area contributed by atoms with Crippen molar-refractivity contribution in [2.45, 2.75) is 108 Å². The molecule has 24 heteroatoms. The summed E-state index contributed by atoms with van der Waals surface area (Å²) >= 11 is 0. The van der Waals surface area contributed by atoms with Crippen LogP contribution in [-0.4, -0.2) is 154 Å². The van der Waals surface area contributed by atoms with Crippen molar-refractivity contribution in [2.24, 2.45) is 38.8 Å². The standard InChI is InChI=1S/C43H70F2N14O8/c1-26(2)14-33-35(63)16-28(60)21-54-39(44)17-29(61)19-50-22-36(64)31(10-6-12-52-42(46)47)56-25-57-32(11-7-13-53-43(48)49)41(67)38(66)24-55-40(45)18-30(62)20-51-23-37(65)34(59-58-33)15-27-8-4-3-5-9-27/h3-5,8-9,26,31-34,39-40,50-51,54-59H,6-7,10-25H2,1-2H3,(H4,46,47,52)(H4,48,49,53)/t31-,32-,33-,34-,39?,40?/m0/s1. The van der Waals surface area contributed by atoms with Gasteiger partial charge in [0.2, 0.25) is 11.6 Å². The summed E-state index contributed by atoms with van der Waals surface area (Å²) in [6.45, 7) is 1.09. The van der Waals surface area contributed by atoms with E-state index < -0.39 is 128 Å². The van der Waals surface area contributed by atoms with Crippen LogP contribution in [0.5, 0.6) is 0 Å². The Morgan fingerprint density at radius 1 is 0.612 bits per heavy atom. The zero-order valence-corrected chi connectivity index (χ0v) is 38.4. The van der Waals surface area contributed by atoms with E-state index in [1.807, 2.05) is 13.8 Å². The van der Waals surface area contributed by atoms with Gasteiger partial charge in [-0.25, -0.2) is 19.6 Å². The van der Waals surface area contributed by atoms with Crippen LogP contribution in [-0.2, 0) is 44.8 Å². The van der Waals surface area contributed by atoms with Crippen LogP contribution in [0, 0.1) is 5.92 Å². The molecule has 1 aliphatic rings. The van der Waals surface area contributed by atoms with Crippen LogP contribution in [0.15, 0.2) is 40.3 Å². The van der Waals surface area contributed by atoms with E-state index in [9.17, 15) is 47.1 Å². The Bertz CT molecular complexity index is 1830. The Morgan fingerprint density at radius 3 is 1.67 bits per heavy atom. The first-order valence-electron chi connectivity index (χ1n) is 22.3. The maximum Gasteiger partial charge on any atom is 0.216 e. The Balaban J connectivity index is 2.30. The van der Waals surface area contributed by atoms with E-state index in [1.54, 1.807) is 30.3 Å². The fourth-order valence-corrected chi connectivity index (χ4v) is 6.73. The van der Waals surface area contributed by atoms with Crippen LogP contribution in [0.4, 0.5) is 8.78 Å². The van der Waals surface area contributed by atoms with E-state index in [-0.39, 0.29) is 82.8 Å². The molecule has 0 radical (unpaired) electrons. The van der Waals surface area contributed by atoms with Gasteiger partial charge in [0, 0.05) is 19.8 Å². The number of hydrogen-bond donors (Lipinski definition) is 12. The minimum atomic E-state index is -2.02. The maximum absolute atomic E-state index is 15.0. The van der Waals surface area contributed by atoms with Crippen LogP contribution < -0.4 is 65.7 Å². The van der Waals surface area contributed by atoms with Crippen LogP contribution in [0.1, 0.15) is 70.8 Å². The number of Topliss-reactive ketones (excluding diaryl/α,β-unsaturated/α-hetero) is 8. The third kappa shape index (κ3) is 26.0. The molecule has 0 bridgehead atoms. The van der Waals surface area contributed by atoms with Crippen LogP contribution in [0.3, 0.4) is 0 Å². The number of rotatable bonds is 12. The van der Waals surface area contributed by atoms with Crippen molar-refractivity contribution in [3.8, 4) is 0 Å². The normalized spacial score (nSPS) is 24.4. The molecule has 1 aromatic carbocycles. The zero-order chi connectivity index (χ0) is 49.7. The average molecular weight is 949 g/mol. The molecule has 1 heterocycles. The Hall–Kier alpha value is -5.34. The number of nitrogens with two attached hydrogens (primary N) is 4. The molecule has 1 saturated heterocycles. The van der Waals surface area contributed by atoms with E-state index in [2.05, 4.69) is 52.7 Å². The van der Waals surface area contributed by atoms with Crippen molar-refractivity contribution in [1.29, 1.82) is 0 Å². The fourth-order valence-electron chi connectivity index (χ4n) is 6.73. The monoisotopic (exact) mass is 949 g/mol. The molecule has 0 aromatic heterocycles. The van der Waals surface area contributed by atoms with Gasteiger partial charge in [0.15, 0.2) is 59.2 Å². The third-order valence-corrected chi connectivity index (χ3v) is 10.2. The van der Waals surface area contributed by atoms with Crippen molar-refractivity contribution in [1.82, 2.24) is 42.8 Å². The highest BCUT2D eigenvalue weighted by atomic mass is 19.1. The predicted octanol–water partition coefficient (Wildman–Crippen LogP) is -3.23. The quantitative estimate of drug-likeness (QED) is 0.0245. The number of nitrogens with one attached hydrogen (secondary N) is 8. The summed E-state index contributed by atoms with van der Waals surface area (Å²) in [4.78, 5) is 113. The molecule has 16 N–H and O–H groups in total. The SMILES string of the molecule is CC(C)C[C@@H]1NN[C@@H](Cc2ccccc2)C(=O)CNCC(=O)CC(F)NCC(=O)C(=O)[C@H](CCCN=C(N)N)NCN[C@@H](CCCN=C(N)N)C(=O)CNCC(=O)CC(F)NCC(=O)CC1=O. The first-order valence-corrected chi connectivity index (χ1v) is 22.3. The highest BCUT2D eigenvalue weighted by Gasteiger charge is 2.28. The number of benzene rings is 1. The van der Waals surface area contributed by atoms with Gasteiger partial charge in [-0.1, -0.05) is 44.2 Å². The molecular weight excluding hydrogens is 879 g/mol. The smallest absolute Gasteiger partial charge is 0.216 e. The summed E-state index contributed by atoms with van der Waals surface area (Å²) in [5.41, 5.74) is 28.3. The van der Waals surface area contributed by atoms with Gasteiger partial charge < -0.3 is 33.6 Å². The number of hydrazine groups is 1. The molecular formula is C43H70F2N14O8. The van der Waals surface area contributed by atoms with E-state index >= 15 is 0 Å². The first kappa shape index (κ1) is 57.8. The summed E-state index contributed by atoms with van der Waals surface area (Å²) < 4.78 is 29.8. The van der Waals surface area contributed by atoms with Gasteiger partial charge in [0.25, 0.3) is 0 Å². The zero-order valence-electron chi connectivity index (χ0n) is 38.4. The predicted molar refractivity (Wildman–Crippen MR) is 247 cm³/mol. The van der Waals surface area contributed by atoms with Gasteiger partial charge in [-0.2, -0.15) is 0 Å². The summed E-state index contributed by atoms with van der Waals surface area (Å²) in [5.74, 6) is -5.51. The van der Waals surface area contributed by atoms with Crippen LogP contribution in [0.25, 0.3) is 0 Å². The van der Waals surface area contributed by atoms with E-state index in [1.165, 1.54) is 0 Å². The van der Waals surface area contributed by atoms with Gasteiger partial charge in [0.05, 0.1) is 82.7 Å². The molecule has 1 fully saturated rings. The number of carbonyl (C=O) groups excluding carboxylic acids is 8. The lowest BCUT2D eigenvalue weighted by atomic mass is 9.97. The number of guanidine groups is 2. The van der Waals surface area contributed by atoms with E-state index in [0.717, 1.165) is 5.56 Å². The maximum atomic E-state index is 15.0. The lowest BCUT2D eigenvalue weighted by Crippen LogP contribution is -2.55. The Morgan fingerprint density at radius 2 is 1.12 bits per heavy atom. The summed E-state index contributed by atoms with van der Waals surface area (Å²) in [6.07, 6.45) is -4.58. The molecule has 0 saturated carbocycles. The Labute approximate surface area is 389 Å². The van der Waals surface area contributed by atoms with Crippen molar-refractivity contribution in [3.63, 3.8) is 0 Å². The minimum absolute atomic E-state index is 0.0262. The van der Waals surface area contributed by atoms with Crippen molar-refractivity contribution >= 4 is 58.2 Å². The second-order valence-electron chi connectivity index (χ2n) is 16.6. The van der Waals surface area contributed by atoms with E-state index in [4.69, 9.17) is 22.9 Å². The molecule has 67 heavy (non-hydrogen) atoms. The highest BCUT2D eigenvalue weighted by Crippen LogP contribution is 2.10. The molecule has 0 aliphatic carbocycles. The summed E-state index contributed by atoms with van der Waals surface area (Å²) in [5, 5.41) is 15.9. The number of hydrogen-bond acceptors (Lipinski definition) is 18. The van der Waals surface area contributed by atoms with Crippen molar-refractivity contribution < 1.29 is 47.1 Å². The molecule has 22 nitrogen and oxygen atoms in total. The second-order valence-corrected chi connectivity index (χ2v) is 16.6. The molecule has 2 unspecified atom stereocenters. The third-order valence-electron chi connectivity index (χ3n) is 10.2. The van der Waals surface area contributed by atoms with Gasteiger partial charge in [-0.05, 0) is 50.0 Å². The van der Waals surface area contributed by atoms with Gasteiger partial charge in [-0.15, -0.1) is 0 Å². The topological polar surface area (TPSA) is 362 Å². The van der Waals surface area contributed by atoms with Crippen molar-refractivity contribution in [3.05, 3.63) is 35.9 Å². The summed E-state index contributed by atoms with van der Waals surface area (Å²) in [6, 6.07) is 5.10. The first-order chi connectivity index (χ1) is 31.8. The van der Waals surface area contributed by atoms with Crippen LogP contribution >= 0.6 is 0 Å². The number of carbonyl (C=O) groups is 8. The molecule has 2 rings (SSSR count). The van der Waals surface area contributed by atoms with Gasteiger partial charge in [-0.3, -0.25) is 69.6 Å². The molecule has 1 aliphatic heterocycles. The number of ketones is 8. The van der Waals surface area contributed by atoms with Crippen molar-refractivity contribution in [2.75, 3.05) is 59.0 Å². The largest absolute Gasteiger partial charge is 0.370 e. The van der Waals surface area contributed by atoms with Gasteiger partial charge >= 0.3 is 0 Å². The average Bonchev–Trinajstić information content (AvgIpc) is 3.26. The lowest BCUT2D eigenvalue weighted by Gasteiger charge is -2.24. The number of alkyl halides is 2. The highest BCUT2D eigenvalue weighted by molar-refractivity contribution is 6.40. The molecule has 6 atom stereocenters. The number of nitrogens with zero attached hydrogens (tertiary/aromatic N) is 2. The molecule has 0 spiro atoms. The van der Waals surface area contributed by atoms with E-state index in [0.29, 0.717) is 6.42 Å².